The molecule has 1 saturated carbocycles. The van der Waals surface area contributed by atoms with Crippen molar-refractivity contribution >= 4 is 11.7 Å². The molecule has 276 valence electrons. The van der Waals surface area contributed by atoms with E-state index in [9.17, 15) is 40.5 Å². The van der Waals surface area contributed by atoms with Crippen molar-refractivity contribution in [3.05, 3.63) is 0 Å². The number of ether oxygens (including phenoxy) is 4. The van der Waals surface area contributed by atoms with Crippen LogP contribution in [0.4, 0.5) is 0 Å². The molecule has 15 atom stereocenters. The highest BCUT2D eigenvalue weighted by atomic mass is 16.7. The van der Waals surface area contributed by atoms with Gasteiger partial charge < -0.3 is 92.2 Å². The third kappa shape index (κ3) is 11.2. The first-order chi connectivity index (χ1) is 22.2. The van der Waals surface area contributed by atoms with Crippen LogP contribution in [0.3, 0.4) is 0 Å². The Hall–Kier alpha value is -1.66. The molecular weight excluding hydrogens is 626 g/mol. The lowest BCUT2D eigenvalue weighted by Gasteiger charge is -2.49. The van der Waals surface area contributed by atoms with Gasteiger partial charge in [-0.2, -0.15) is 0 Å². The van der Waals surface area contributed by atoms with Crippen LogP contribution in [0.5, 0.6) is 0 Å². The molecule has 19 heteroatoms. The van der Waals surface area contributed by atoms with Crippen LogP contribution in [-0.4, -0.2) is 187 Å². The molecule has 0 aromatic carbocycles. The van der Waals surface area contributed by atoms with Crippen molar-refractivity contribution in [1.29, 1.82) is 0 Å². The molecule has 19 nitrogen and oxygen atoms in total. The predicted octanol–water partition coefficient (Wildman–Crippen LogP) is -6.62. The molecule has 0 amide bonds. The molecule has 6 unspecified atom stereocenters. The van der Waals surface area contributed by atoms with Gasteiger partial charge in [-0.3, -0.25) is 4.99 Å². The summed E-state index contributed by atoms with van der Waals surface area (Å²) in [6, 6.07) is -1.73. The Bertz CT molecular complexity index is 954. The summed E-state index contributed by atoms with van der Waals surface area (Å²) in [6.07, 6.45) is -13.2. The lowest BCUT2D eigenvalue weighted by molar-refractivity contribution is -0.334. The SMILES string of the molecule is CC(=O)CCCN=C(N)N.CNC[C@@H]1O[C@H](O[C@H]2C(NC)C[C@@H](NC)[C@@H](OC3O[C@H](CO)C(O)[C@H](NC)C3O)C2O)C(O)[C@H](O)[C@@H]1O. The number of nitrogens with one attached hydrogen (secondary N) is 4. The predicted molar refractivity (Wildman–Crippen MR) is 168 cm³/mol. The van der Waals surface area contributed by atoms with Crippen LogP contribution in [-0.2, 0) is 23.7 Å². The molecule has 15 N–H and O–H groups in total. The zero-order chi connectivity index (χ0) is 35.4. The van der Waals surface area contributed by atoms with Gasteiger partial charge in [0.05, 0.1) is 12.6 Å². The average Bonchev–Trinajstić information content (AvgIpc) is 3.03. The smallest absolute Gasteiger partial charge is 0.187 e. The Kier molecular flexibility index (Phi) is 17.8. The van der Waals surface area contributed by atoms with Gasteiger partial charge in [0, 0.05) is 31.6 Å². The number of hydrogen-bond donors (Lipinski definition) is 13. The molecular formula is C28H57N7O12. The molecule has 0 radical (unpaired) electrons. The number of likely N-dealkylation sites (N-methyl/N-ethyl adjacent to an activating group) is 4. The van der Waals surface area contributed by atoms with Crippen LogP contribution < -0.4 is 32.7 Å². The molecule has 2 heterocycles. The fourth-order valence-electron chi connectivity index (χ4n) is 5.91. The van der Waals surface area contributed by atoms with E-state index in [-0.39, 0.29) is 18.3 Å². The van der Waals surface area contributed by atoms with Crippen molar-refractivity contribution in [2.75, 3.05) is 47.9 Å². The van der Waals surface area contributed by atoms with E-state index < -0.39 is 98.4 Å². The topological polar surface area (TPSA) is 308 Å². The summed E-state index contributed by atoms with van der Waals surface area (Å²) in [5, 5.41) is 85.1. The second-order valence-corrected chi connectivity index (χ2v) is 11.9. The van der Waals surface area contributed by atoms with E-state index in [1.165, 1.54) is 0 Å². The van der Waals surface area contributed by atoms with Gasteiger partial charge in [-0.05, 0) is 48.0 Å². The highest BCUT2D eigenvalue weighted by Gasteiger charge is 2.52. The highest BCUT2D eigenvalue weighted by molar-refractivity contribution is 5.76. The monoisotopic (exact) mass is 683 g/mol. The van der Waals surface area contributed by atoms with Crippen molar-refractivity contribution in [3.8, 4) is 0 Å². The van der Waals surface area contributed by atoms with Crippen molar-refractivity contribution in [1.82, 2.24) is 21.3 Å². The maximum absolute atomic E-state index is 11.4. The maximum Gasteiger partial charge on any atom is 0.187 e. The molecule has 0 spiro atoms. The number of guanidine groups is 1. The van der Waals surface area contributed by atoms with Gasteiger partial charge in [0.2, 0.25) is 0 Å². The van der Waals surface area contributed by atoms with E-state index in [4.69, 9.17) is 30.4 Å². The van der Waals surface area contributed by atoms with Gasteiger partial charge in [-0.15, -0.1) is 0 Å². The third-order valence-electron chi connectivity index (χ3n) is 8.57. The third-order valence-corrected chi connectivity index (χ3v) is 8.57. The number of ketones is 1. The van der Waals surface area contributed by atoms with Gasteiger partial charge >= 0.3 is 0 Å². The summed E-state index contributed by atoms with van der Waals surface area (Å²) in [6.45, 7) is 1.76. The Morgan fingerprint density at radius 1 is 0.787 bits per heavy atom. The molecule has 2 aliphatic heterocycles. The van der Waals surface area contributed by atoms with Crippen LogP contribution >= 0.6 is 0 Å². The number of nitrogens with two attached hydrogens (primary N) is 2. The number of carbonyl (C=O) groups is 1. The number of hydrogen-bond acceptors (Lipinski definition) is 17. The number of carbonyl (C=O) groups excluding carboxylic acids is 1. The van der Waals surface area contributed by atoms with E-state index in [1.54, 1.807) is 35.1 Å². The first kappa shape index (κ1) is 41.5. The maximum atomic E-state index is 11.4. The molecule has 2 saturated heterocycles. The van der Waals surface area contributed by atoms with Gasteiger partial charge in [-0.1, -0.05) is 0 Å². The number of Topliss-reactive ketones (excluding diaryl/α,β-unsaturated/α-hetero) is 1. The van der Waals surface area contributed by atoms with Crippen LogP contribution in [0.1, 0.15) is 26.2 Å². The highest BCUT2D eigenvalue weighted by Crippen LogP contribution is 2.32. The summed E-state index contributed by atoms with van der Waals surface area (Å²) in [7, 11) is 6.56. The van der Waals surface area contributed by atoms with Crippen LogP contribution in [0.15, 0.2) is 4.99 Å². The molecule has 0 bridgehead atoms. The van der Waals surface area contributed by atoms with Crippen LogP contribution in [0, 0.1) is 0 Å². The lowest BCUT2D eigenvalue weighted by atomic mass is 9.83. The van der Waals surface area contributed by atoms with Gasteiger partial charge in [0.15, 0.2) is 18.5 Å². The van der Waals surface area contributed by atoms with E-state index in [2.05, 4.69) is 26.3 Å². The summed E-state index contributed by atoms with van der Waals surface area (Å²) in [5.41, 5.74) is 10.1. The van der Waals surface area contributed by atoms with Crippen molar-refractivity contribution in [3.63, 3.8) is 0 Å². The number of nitrogens with zero attached hydrogens (tertiary/aromatic N) is 1. The van der Waals surface area contributed by atoms with Crippen molar-refractivity contribution < 1.29 is 59.5 Å². The van der Waals surface area contributed by atoms with Gasteiger partial charge in [0.1, 0.15) is 66.8 Å². The van der Waals surface area contributed by atoms with Crippen molar-refractivity contribution in [2.24, 2.45) is 16.5 Å². The first-order valence-electron chi connectivity index (χ1n) is 15.8. The molecule has 0 aromatic heterocycles. The summed E-state index contributed by atoms with van der Waals surface area (Å²) >= 11 is 0. The van der Waals surface area contributed by atoms with E-state index in [1.807, 2.05) is 0 Å². The van der Waals surface area contributed by atoms with Crippen molar-refractivity contribution in [2.45, 2.75) is 118 Å². The normalized spacial score (nSPS) is 40.6. The molecule has 47 heavy (non-hydrogen) atoms. The van der Waals surface area contributed by atoms with Gasteiger partial charge in [0.25, 0.3) is 0 Å². The minimum absolute atomic E-state index is 0.0866. The molecule has 3 fully saturated rings. The minimum atomic E-state index is -1.58. The Morgan fingerprint density at radius 2 is 1.34 bits per heavy atom. The summed E-state index contributed by atoms with van der Waals surface area (Å²) < 4.78 is 23.4. The number of aliphatic hydroxyl groups is 7. The fraction of sp³-hybridized carbons (Fsp3) is 0.929. The first-order valence-corrected chi connectivity index (χ1v) is 15.8. The molecule has 1 aliphatic carbocycles. The molecule has 3 aliphatic rings. The van der Waals surface area contributed by atoms with E-state index in [0.717, 1.165) is 6.42 Å². The fourth-order valence-corrected chi connectivity index (χ4v) is 5.91. The Labute approximate surface area is 275 Å². The number of rotatable bonds is 14. The van der Waals surface area contributed by atoms with Crippen LogP contribution in [0.25, 0.3) is 0 Å². The number of aliphatic hydroxyl groups excluding tert-OH is 7. The largest absolute Gasteiger partial charge is 0.394 e. The van der Waals surface area contributed by atoms with Gasteiger partial charge in [-0.25, -0.2) is 0 Å². The average molecular weight is 684 g/mol. The molecule has 3 rings (SSSR count). The lowest BCUT2D eigenvalue weighted by Crippen LogP contribution is -2.69. The Morgan fingerprint density at radius 3 is 1.81 bits per heavy atom. The Balaban J connectivity index is 0.000000663. The molecule has 0 aromatic rings. The minimum Gasteiger partial charge on any atom is -0.394 e. The second-order valence-electron chi connectivity index (χ2n) is 11.9. The zero-order valence-electron chi connectivity index (χ0n) is 27.7. The standard InChI is InChI=1S/C22H44N4O11.C6H13N3O/c1-23-6-10-14(29)16(31)17(32)22(34-10)37-20-9(25-3)5-8(24-2)19(18(20)33)36-21-15(30)12(26-4)13(28)11(7-27)35-21;1-5(10)3-2-4-9-6(7)8/h8-33H,5-7H2,1-4H3;2-4H2,1H3,(H4,7,8,9)/t8-,9?,10+,11-,12+,13?,14-,15?,16-,17?,18?,19-,20+,21?,22-;/m1./s1. The van der Waals surface area contributed by atoms with Crippen LogP contribution in [0.2, 0.25) is 0 Å². The summed E-state index contributed by atoms with van der Waals surface area (Å²) in [4.78, 5) is 14.1. The summed E-state index contributed by atoms with van der Waals surface area (Å²) in [5.74, 6) is 0.259. The zero-order valence-corrected chi connectivity index (χ0v) is 27.7. The number of aliphatic imine (C=N–C) groups is 1. The quantitative estimate of drug-likeness (QED) is 0.0460. The second kappa shape index (κ2) is 20.1. The van der Waals surface area contributed by atoms with E-state index >= 15 is 0 Å². The van der Waals surface area contributed by atoms with E-state index in [0.29, 0.717) is 19.4 Å².